The summed E-state index contributed by atoms with van der Waals surface area (Å²) < 4.78 is 41.0. The Balaban J connectivity index is 1.84. The van der Waals surface area contributed by atoms with Gasteiger partial charge in [-0.05, 0) is 29.8 Å². The van der Waals surface area contributed by atoms with Gasteiger partial charge in [0.05, 0.1) is 26.7 Å². The van der Waals surface area contributed by atoms with Crippen molar-refractivity contribution < 1.29 is 17.6 Å². The van der Waals surface area contributed by atoms with Crippen molar-refractivity contribution in [2.45, 2.75) is 15.8 Å². The summed E-state index contributed by atoms with van der Waals surface area (Å²) in [7, 11) is -5.43. The molecule has 31 heavy (non-hydrogen) atoms. The largest absolute Gasteiger partial charge is 0.269 e. The first-order valence-corrected chi connectivity index (χ1v) is 12.1. The van der Waals surface area contributed by atoms with Crippen molar-refractivity contribution in [1.82, 2.24) is 4.72 Å². The lowest BCUT2D eigenvalue weighted by molar-refractivity contribution is -0.384. The zero-order valence-corrected chi connectivity index (χ0v) is 18.0. The molecule has 9 heteroatoms. The summed E-state index contributed by atoms with van der Waals surface area (Å²) in [5.74, 6) is 0.0273. The Morgan fingerprint density at radius 1 is 0.935 bits per heavy atom. The Morgan fingerprint density at radius 3 is 2.10 bits per heavy atom. The molecule has 3 aromatic rings. The zero-order chi connectivity index (χ0) is 22.3. The van der Waals surface area contributed by atoms with E-state index in [9.17, 15) is 22.7 Å². The van der Waals surface area contributed by atoms with Crippen LogP contribution < -0.4 is 4.72 Å². The minimum atomic E-state index is -3.99. The summed E-state index contributed by atoms with van der Waals surface area (Å²) in [6.07, 6.45) is 3.41. The first-order valence-electron chi connectivity index (χ1n) is 9.28. The van der Waals surface area contributed by atoms with Gasteiger partial charge in [-0.1, -0.05) is 60.7 Å². The first-order chi connectivity index (χ1) is 14.8. The molecule has 0 heterocycles. The van der Waals surface area contributed by atoms with E-state index in [4.69, 9.17) is 0 Å². The van der Waals surface area contributed by atoms with Gasteiger partial charge in [0.2, 0.25) is 10.0 Å². The monoisotopic (exact) mass is 456 g/mol. The van der Waals surface area contributed by atoms with Crippen LogP contribution in [0, 0.1) is 10.1 Å². The maximum Gasteiger partial charge on any atom is 0.269 e. The number of hydrogen-bond donors (Lipinski definition) is 1. The number of sulfonamides is 1. The highest BCUT2D eigenvalue weighted by atomic mass is 32.2. The third-order valence-electron chi connectivity index (χ3n) is 4.32. The van der Waals surface area contributed by atoms with E-state index in [0.29, 0.717) is 4.90 Å². The van der Waals surface area contributed by atoms with Crippen LogP contribution in [0.2, 0.25) is 0 Å². The van der Waals surface area contributed by atoms with Gasteiger partial charge in [0.25, 0.3) is 5.69 Å². The van der Waals surface area contributed by atoms with Crippen LogP contribution in [-0.2, 0) is 20.8 Å². The SMILES string of the molecule is O=[N+]([O-])c1ccc(S(=O)(=O)NC(C=Cc2ccccc2)CS(=O)c2ccccc2)cc1. The average Bonchev–Trinajstić information content (AvgIpc) is 2.78. The van der Waals surface area contributed by atoms with E-state index in [1.165, 1.54) is 12.1 Å². The zero-order valence-electron chi connectivity index (χ0n) is 16.3. The molecule has 160 valence electrons. The van der Waals surface area contributed by atoms with E-state index in [2.05, 4.69) is 4.72 Å². The van der Waals surface area contributed by atoms with Crippen molar-refractivity contribution in [1.29, 1.82) is 0 Å². The highest BCUT2D eigenvalue weighted by Gasteiger charge is 2.21. The summed E-state index contributed by atoms with van der Waals surface area (Å²) in [4.78, 5) is 10.7. The van der Waals surface area contributed by atoms with Gasteiger partial charge in [-0.15, -0.1) is 0 Å². The third kappa shape index (κ3) is 6.42. The third-order valence-corrected chi connectivity index (χ3v) is 7.29. The average molecular weight is 457 g/mol. The van der Waals surface area contributed by atoms with Crippen molar-refractivity contribution in [3.05, 3.63) is 107 Å². The second kappa shape index (κ2) is 10.3. The Morgan fingerprint density at radius 2 is 1.52 bits per heavy atom. The fourth-order valence-electron chi connectivity index (χ4n) is 2.77. The van der Waals surface area contributed by atoms with Crippen molar-refractivity contribution in [3.8, 4) is 0 Å². The summed E-state index contributed by atoms with van der Waals surface area (Å²) in [6, 6.07) is 22.0. The molecule has 3 rings (SSSR count). The standard InChI is InChI=1S/C22H20N2O5S2/c25-24(26)20-13-15-22(16-14-20)31(28,29)23-19(12-11-18-7-3-1-4-8-18)17-30(27)21-9-5-2-6-10-21/h1-16,19,23H,17H2. The van der Waals surface area contributed by atoms with Crippen LogP contribution in [0.25, 0.3) is 6.08 Å². The molecule has 0 fully saturated rings. The number of nitrogens with zero attached hydrogens (tertiary/aromatic N) is 1. The Kier molecular flexibility index (Phi) is 7.45. The molecule has 0 aromatic heterocycles. The molecule has 0 radical (unpaired) electrons. The fraction of sp³-hybridized carbons (Fsp3) is 0.0909. The molecule has 0 saturated carbocycles. The smallest absolute Gasteiger partial charge is 0.258 e. The van der Waals surface area contributed by atoms with Gasteiger partial charge in [0.1, 0.15) is 0 Å². The maximum atomic E-state index is 12.8. The van der Waals surface area contributed by atoms with Crippen LogP contribution >= 0.6 is 0 Å². The first kappa shape index (κ1) is 22.5. The summed E-state index contributed by atoms with van der Waals surface area (Å²) in [6.45, 7) is 0. The molecule has 3 aromatic carbocycles. The summed E-state index contributed by atoms with van der Waals surface area (Å²) >= 11 is 0. The molecular weight excluding hydrogens is 436 g/mol. The van der Waals surface area contributed by atoms with Crippen molar-refractivity contribution in [3.63, 3.8) is 0 Å². The Hall–Kier alpha value is -3.14. The van der Waals surface area contributed by atoms with Crippen LogP contribution in [0.1, 0.15) is 5.56 Å². The molecule has 0 amide bonds. The highest BCUT2D eigenvalue weighted by molar-refractivity contribution is 7.89. The van der Waals surface area contributed by atoms with Crippen LogP contribution in [0.5, 0.6) is 0 Å². The van der Waals surface area contributed by atoms with Crippen LogP contribution in [0.15, 0.2) is 101 Å². The van der Waals surface area contributed by atoms with Gasteiger partial charge in [0.15, 0.2) is 0 Å². The van der Waals surface area contributed by atoms with Gasteiger partial charge in [-0.3, -0.25) is 14.3 Å². The molecule has 2 unspecified atom stereocenters. The fourth-order valence-corrected chi connectivity index (χ4v) is 5.24. The minimum absolute atomic E-state index is 0.0273. The molecule has 0 aliphatic heterocycles. The highest BCUT2D eigenvalue weighted by Crippen LogP contribution is 2.17. The van der Waals surface area contributed by atoms with Gasteiger partial charge < -0.3 is 0 Å². The van der Waals surface area contributed by atoms with Crippen molar-refractivity contribution in [2.24, 2.45) is 0 Å². The number of rotatable bonds is 9. The number of nitro benzene ring substituents is 1. The maximum absolute atomic E-state index is 12.8. The molecule has 0 saturated heterocycles. The molecule has 0 bridgehead atoms. The summed E-state index contributed by atoms with van der Waals surface area (Å²) in [5, 5.41) is 10.8. The molecule has 0 aliphatic carbocycles. The topological polar surface area (TPSA) is 106 Å². The molecule has 0 spiro atoms. The minimum Gasteiger partial charge on any atom is -0.258 e. The second-order valence-electron chi connectivity index (χ2n) is 6.57. The predicted molar refractivity (Wildman–Crippen MR) is 120 cm³/mol. The lowest BCUT2D eigenvalue weighted by Gasteiger charge is -2.15. The number of nitro groups is 1. The molecule has 0 aliphatic rings. The lowest BCUT2D eigenvalue weighted by atomic mass is 10.2. The predicted octanol–water partition coefficient (Wildman–Crippen LogP) is 3.76. The number of non-ortho nitro benzene ring substituents is 1. The van der Waals surface area contributed by atoms with E-state index >= 15 is 0 Å². The Labute approximate surface area is 183 Å². The molecular formula is C22H20N2O5S2. The van der Waals surface area contributed by atoms with Crippen LogP contribution in [0.3, 0.4) is 0 Å². The van der Waals surface area contributed by atoms with E-state index < -0.39 is 31.8 Å². The molecule has 2 atom stereocenters. The number of nitrogens with one attached hydrogen (secondary N) is 1. The quantitative estimate of drug-likeness (QED) is 0.390. The van der Waals surface area contributed by atoms with E-state index in [1.54, 1.807) is 36.4 Å². The van der Waals surface area contributed by atoms with E-state index in [-0.39, 0.29) is 16.3 Å². The number of hydrogen-bond acceptors (Lipinski definition) is 5. The van der Waals surface area contributed by atoms with E-state index in [1.807, 2.05) is 36.4 Å². The second-order valence-corrected chi connectivity index (χ2v) is 9.78. The Bertz CT molecular complexity index is 1180. The lowest BCUT2D eigenvalue weighted by Crippen LogP contribution is -2.37. The van der Waals surface area contributed by atoms with Gasteiger partial charge >= 0.3 is 0 Å². The van der Waals surface area contributed by atoms with Crippen LogP contribution in [-0.4, -0.2) is 29.3 Å². The van der Waals surface area contributed by atoms with Gasteiger partial charge in [-0.2, -0.15) is 0 Å². The normalized spacial score (nSPS) is 13.7. The van der Waals surface area contributed by atoms with Crippen molar-refractivity contribution >= 4 is 32.6 Å². The van der Waals surface area contributed by atoms with Gasteiger partial charge in [-0.25, -0.2) is 13.1 Å². The van der Waals surface area contributed by atoms with Crippen molar-refractivity contribution in [2.75, 3.05) is 5.75 Å². The van der Waals surface area contributed by atoms with Crippen LogP contribution in [0.4, 0.5) is 5.69 Å². The molecule has 1 N–H and O–H groups in total. The van der Waals surface area contributed by atoms with E-state index in [0.717, 1.165) is 17.7 Å². The number of benzene rings is 3. The molecule has 7 nitrogen and oxygen atoms in total. The van der Waals surface area contributed by atoms with Gasteiger partial charge in [0, 0.05) is 22.8 Å². The summed E-state index contributed by atoms with van der Waals surface area (Å²) in [5.41, 5.74) is 0.664.